The van der Waals surface area contributed by atoms with Crippen molar-refractivity contribution in [1.29, 1.82) is 0 Å². The highest BCUT2D eigenvalue weighted by molar-refractivity contribution is 5.46. The summed E-state index contributed by atoms with van der Waals surface area (Å²) in [6.45, 7) is 12.7. The van der Waals surface area contributed by atoms with Crippen LogP contribution in [0.2, 0.25) is 0 Å². The first kappa shape index (κ1) is 27.7. The summed E-state index contributed by atoms with van der Waals surface area (Å²) in [4.78, 5) is 2.26. The minimum absolute atomic E-state index is 0.0837. The fourth-order valence-electron chi connectivity index (χ4n) is 4.10. The Hall–Kier alpha value is -2.87. The Morgan fingerprint density at radius 3 is 2.25 bits per heavy atom. The smallest absolute Gasteiger partial charge is 0.227 e. The van der Waals surface area contributed by atoms with Crippen LogP contribution in [0.25, 0.3) is 5.69 Å². The minimum atomic E-state index is -0.573. The molecule has 0 spiro atoms. The monoisotopic (exact) mass is 495 g/mol. The number of hydrogen-bond acceptors (Lipinski definition) is 6. The quantitative estimate of drug-likeness (QED) is 0.305. The Labute approximate surface area is 215 Å². The highest BCUT2D eigenvalue weighted by Crippen LogP contribution is 2.35. The van der Waals surface area contributed by atoms with Gasteiger partial charge in [0.1, 0.15) is 11.5 Å². The van der Waals surface area contributed by atoms with E-state index in [0.717, 1.165) is 41.4 Å². The average molecular weight is 496 g/mol. The van der Waals surface area contributed by atoms with Crippen LogP contribution < -0.4 is 9.47 Å². The largest absolute Gasteiger partial charge is 0.497 e. The van der Waals surface area contributed by atoms with Crippen LogP contribution in [0, 0.1) is 0 Å². The number of nitrogens with zero attached hydrogens (tertiary/aromatic N) is 3. The molecule has 0 amide bonds. The van der Waals surface area contributed by atoms with Gasteiger partial charge in [0.25, 0.3) is 0 Å². The van der Waals surface area contributed by atoms with E-state index in [9.17, 15) is 5.11 Å². The first-order valence-corrected chi connectivity index (χ1v) is 12.8. The summed E-state index contributed by atoms with van der Waals surface area (Å²) in [5.74, 6) is 2.41. The molecule has 36 heavy (non-hydrogen) atoms. The molecule has 7 nitrogen and oxygen atoms in total. The third kappa shape index (κ3) is 7.56. The van der Waals surface area contributed by atoms with E-state index >= 15 is 0 Å². The van der Waals surface area contributed by atoms with Gasteiger partial charge in [0, 0.05) is 13.1 Å². The lowest BCUT2D eigenvalue weighted by molar-refractivity contribution is -0.00958. The van der Waals surface area contributed by atoms with Crippen molar-refractivity contribution in [1.82, 2.24) is 14.7 Å². The van der Waals surface area contributed by atoms with Crippen LogP contribution in [-0.2, 0) is 11.3 Å². The van der Waals surface area contributed by atoms with Crippen LogP contribution in [0.1, 0.15) is 58.2 Å². The molecule has 3 aromatic rings. The fourth-order valence-corrected chi connectivity index (χ4v) is 4.10. The molecule has 0 radical (unpaired) electrons. The number of benzene rings is 2. The van der Waals surface area contributed by atoms with E-state index in [4.69, 9.17) is 19.3 Å². The lowest BCUT2D eigenvalue weighted by Gasteiger charge is -2.26. The normalized spacial score (nSPS) is 12.5. The molecule has 0 aliphatic heterocycles. The van der Waals surface area contributed by atoms with Gasteiger partial charge < -0.3 is 19.3 Å². The molecule has 0 aliphatic rings. The van der Waals surface area contributed by atoms with Crippen molar-refractivity contribution < 1.29 is 19.3 Å². The van der Waals surface area contributed by atoms with Gasteiger partial charge in [-0.2, -0.15) is 5.10 Å². The highest BCUT2D eigenvalue weighted by Gasteiger charge is 2.25. The molecule has 0 saturated carbocycles. The van der Waals surface area contributed by atoms with Crippen molar-refractivity contribution in [3.05, 3.63) is 65.9 Å². The molecular formula is C29H41N3O4. The molecule has 2 aromatic carbocycles. The van der Waals surface area contributed by atoms with Gasteiger partial charge in [0.2, 0.25) is 5.88 Å². The molecule has 1 aromatic heterocycles. The molecule has 3 rings (SSSR count). The molecule has 0 saturated heterocycles. The summed E-state index contributed by atoms with van der Waals surface area (Å²) in [6, 6.07) is 17.6. The molecule has 0 aliphatic carbocycles. The van der Waals surface area contributed by atoms with Gasteiger partial charge in [-0.1, -0.05) is 39.0 Å². The van der Waals surface area contributed by atoms with E-state index in [1.165, 1.54) is 0 Å². The molecule has 1 heterocycles. The number of rotatable bonds is 14. The first-order chi connectivity index (χ1) is 17.3. The molecule has 196 valence electrons. The van der Waals surface area contributed by atoms with E-state index in [-0.39, 0.29) is 12.0 Å². The Bertz CT molecular complexity index is 1050. The maximum absolute atomic E-state index is 10.7. The number of para-hydroxylation sites is 1. The third-order valence-electron chi connectivity index (χ3n) is 5.80. The van der Waals surface area contributed by atoms with Crippen LogP contribution in [0.15, 0.2) is 54.6 Å². The topological polar surface area (TPSA) is 69.0 Å². The molecule has 1 atom stereocenters. The lowest BCUT2D eigenvalue weighted by atomic mass is 10.1. The summed E-state index contributed by atoms with van der Waals surface area (Å²) in [5.41, 5.74) is 2.89. The van der Waals surface area contributed by atoms with E-state index in [2.05, 4.69) is 25.7 Å². The van der Waals surface area contributed by atoms with Crippen LogP contribution in [0.3, 0.4) is 0 Å². The summed E-state index contributed by atoms with van der Waals surface area (Å²) in [6.07, 6.45) is 0.480. The zero-order valence-electron chi connectivity index (χ0n) is 22.5. The number of hydrogen-bond donors (Lipinski definition) is 1. The van der Waals surface area contributed by atoms with Gasteiger partial charge in [0.15, 0.2) is 0 Å². The lowest BCUT2D eigenvalue weighted by Crippen LogP contribution is -2.36. The second kappa shape index (κ2) is 13.4. The van der Waals surface area contributed by atoms with Gasteiger partial charge in [0.05, 0.1) is 42.9 Å². The van der Waals surface area contributed by atoms with Gasteiger partial charge in [-0.3, -0.25) is 4.90 Å². The van der Waals surface area contributed by atoms with E-state index in [0.29, 0.717) is 25.6 Å². The number of aliphatic hydroxyl groups excluding tert-OH is 1. The third-order valence-corrected chi connectivity index (χ3v) is 5.80. The summed E-state index contributed by atoms with van der Waals surface area (Å²) in [7, 11) is 1.66. The first-order valence-electron chi connectivity index (χ1n) is 12.8. The number of methoxy groups -OCH3 is 1. The standard InChI is InChI=1S/C29H41N3O4/c1-7-17-31(18-24(33)20-35-22(4)5)19-27-28(21(2)3)30-32(23-13-15-25(34-6)16-14-23)29(27)36-26-11-9-8-10-12-26/h8-16,21-22,24,33H,7,17-20H2,1-6H3. The Morgan fingerprint density at radius 2 is 1.67 bits per heavy atom. The summed E-state index contributed by atoms with van der Waals surface area (Å²) >= 11 is 0. The highest BCUT2D eigenvalue weighted by atomic mass is 16.5. The second-order valence-corrected chi connectivity index (χ2v) is 9.62. The molecule has 1 unspecified atom stereocenters. The zero-order valence-corrected chi connectivity index (χ0v) is 22.5. The van der Waals surface area contributed by atoms with Crippen molar-refractivity contribution in [3.63, 3.8) is 0 Å². The van der Waals surface area contributed by atoms with Crippen molar-refractivity contribution in [2.24, 2.45) is 0 Å². The van der Waals surface area contributed by atoms with E-state index < -0.39 is 6.10 Å². The van der Waals surface area contributed by atoms with Crippen LogP contribution in [-0.4, -0.2) is 58.8 Å². The number of ether oxygens (including phenoxy) is 3. The van der Waals surface area contributed by atoms with Crippen molar-refractivity contribution >= 4 is 0 Å². The van der Waals surface area contributed by atoms with Crippen molar-refractivity contribution in [2.45, 2.75) is 65.7 Å². The molecule has 7 heteroatoms. The average Bonchev–Trinajstić information content (AvgIpc) is 3.21. The SMILES string of the molecule is CCCN(Cc1c(C(C)C)nn(-c2ccc(OC)cc2)c1Oc1ccccc1)CC(O)COC(C)C. The maximum atomic E-state index is 10.7. The Morgan fingerprint density at radius 1 is 0.972 bits per heavy atom. The van der Waals surface area contributed by atoms with Gasteiger partial charge >= 0.3 is 0 Å². The van der Waals surface area contributed by atoms with Gasteiger partial charge in [-0.05, 0) is 69.1 Å². The fraction of sp³-hybridized carbons (Fsp3) is 0.483. The van der Waals surface area contributed by atoms with Gasteiger partial charge in [-0.15, -0.1) is 0 Å². The molecular weight excluding hydrogens is 454 g/mol. The molecule has 1 N–H and O–H groups in total. The maximum Gasteiger partial charge on any atom is 0.227 e. The second-order valence-electron chi connectivity index (χ2n) is 9.62. The summed E-state index contributed by atoms with van der Waals surface area (Å²) < 4.78 is 19.4. The van der Waals surface area contributed by atoms with Crippen molar-refractivity contribution in [2.75, 3.05) is 26.8 Å². The predicted molar refractivity (Wildman–Crippen MR) is 143 cm³/mol. The van der Waals surface area contributed by atoms with Gasteiger partial charge in [-0.25, -0.2) is 4.68 Å². The van der Waals surface area contributed by atoms with E-state index in [1.807, 2.05) is 73.1 Å². The van der Waals surface area contributed by atoms with Crippen LogP contribution in [0.5, 0.6) is 17.4 Å². The number of aliphatic hydroxyl groups is 1. The Kier molecular flexibility index (Phi) is 10.3. The summed E-state index contributed by atoms with van der Waals surface area (Å²) in [5, 5.41) is 15.7. The van der Waals surface area contributed by atoms with Crippen molar-refractivity contribution in [3.8, 4) is 23.1 Å². The Balaban J connectivity index is 2.02. The number of aromatic nitrogens is 2. The molecule has 0 bridgehead atoms. The molecule has 0 fully saturated rings. The van der Waals surface area contributed by atoms with Crippen LogP contribution in [0.4, 0.5) is 0 Å². The predicted octanol–water partition coefficient (Wildman–Crippen LogP) is 5.79. The van der Waals surface area contributed by atoms with Crippen LogP contribution >= 0.6 is 0 Å². The zero-order chi connectivity index (χ0) is 26.1. The minimum Gasteiger partial charge on any atom is -0.497 e. The van der Waals surface area contributed by atoms with E-state index in [1.54, 1.807) is 7.11 Å².